The van der Waals surface area contributed by atoms with Crippen LogP contribution in [0, 0.1) is 41.5 Å². The van der Waals surface area contributed by atoms with E-state index in [-0.39, 0.29) is 7.43 Å². The van der Waals surface area contributed by atoms with Gasteiger partial charge in [-0.2, -0.15) is 0 Å². The van der Waals surface area contributed by atoms with Gasteiger partial charge in [-0.15, -0.1) is 22.7 Å². The van der Waals surface area contributed by atoms with E-state index in [4.69, 9.17) is 0 Å². The third kappa shape index (κ3) is 10.0. The maximum atomic E-state index is 4.13. The van der Waals surface area contributed by atoms with Gasteiger partial charge in [-0.25, -0.2) is 4.98 Å². The minimum absolute atomic E-state index is 0. The molecular weight excluding hydrogens is 318 g/mol. The van der Waals surface area contributed by atoms with Crippen LogP contribution in [-0.4, -0.2) is 4.98 Å². The van der Waals surface area contributed by atoms with Gasteiger partial charge < -0.3 is 0 Å². The summed E-state index contributed by atoms with van der Waals surface area (Å²) in [6.07, 6.45) is 0. The molecule has 3 rings (SSSR count). The van der Waals surface area contributed by atoms with Crippen molar-refractivity contribution in [2.24, 2.45) is 0 Å². The van der Waals surface area contributed by atoms with Gasteiger partial charge in [0.15, 0.2) is 0 Å². The molecule has 0 bridgehead atoms. The third-order valence-corrected chi connectivity index (χ3v) is 4.63. The van der Waals surface area contributed by atoms with E-state index in [0.29, 0.717) is 0 Å². The van der Waals surface area contributed by atoms with Crippen molar-refractivity contribution in [2.45, 2.75) is 49.0 Å². The van der Waals surface area contributed by atoms with Crippen LogP contribution in [0.5, 0.6) is 0 Å². The molecule has 0 spiro atoms. The molecule has 0 amide bonds. The summed E-state index contributed by atoms with van der Waals surface area (Å²) in [5, 5.41) is 3.20. The van der Waals surface area contributed by atoms with Crippen molar-refractivity contribution in [1.29, 1.82) is 0 Å². The summed E-state index contributed by atoms with van der Waals surface area (Å²) in [7, 11) is 0. The minimum atomic E-state index is 0. The largest absolute Gasteiger partial charge is 0.247 e. The topological polar surface area (TPSA) is 12.9 Å². The fraction of sp³-hybridized carbons (Fsp3) is 0.350. The van der Waals surface area contributed by atoms with Gasteiger partial charge in [0.25, 0.3) is 0 Å². The molecule has 2 heterocycles. The lowest BCUT2D eigenvalue weighted by Crippen LogP contribution is -1.70. The normalized spacial score (nSPS) is 8.96. The molecule has 0 saturated heterocycles. The molecular formula is C20H29NS2. The molecule has 126 valence electrons. The number of hydrogen-bond acceptors (Lipinski definition) is 3. The zero-order valence-corrected chi connectivity index (χ0v) is 15.9. The van der Waals surface area contributed by atoms with Crippen molar-refractivity contribution in [3.63, 3.8) is 0 Å². The molecule has 0 N–H and O–H groups in total. The molecule has 0 radical (unpaired) electrons. The minimum Gasteiger partial charge on any atom is -0.247 e. The first-order chi connectivity index (χ1) is 10.4. The molecule has 0 saturated carbocycles. The van der Waals surface area contributed by atoms with Crippen LogP contribution in [0.15, 0.2) is 41.8 Å². The average Bonchev–Trinajstić information content (AvgIpc) is 3.02. The predicted octanol–water partition coefficient (Wildman–Crippen LogP) is 7.06. The summed E-state index contributed by atoms with van der Waals surface area (Å²) in [5.74, 6) is 0. The first-order valence-electron chi connectivity index (χ1n) is 7.32. The first-order valence-corrected chi connectivity index (χ1v) is 9.01. The SMILES string of the molecule is C.Cc1ccc(C)cc1.Cc1ccc(C)s1.Cc1csc(C)n1. The van der Waals surface area contributed by atoms with E-state index in [2.05, 4.69) is 74.5 Å². The fourth-order valence-electron chi connectivity index (χ4n) is 1.67. The van der Waals surface area contributed by atoms with E-state index in [1.54, 1.807) is 11.3 Å². The van der Waals surface area contributed by atoms with Gasteiger partial charge in [0.05, 0.1) is 5.01 Å². The third-order valence-electron chi connectivity index (χ3n) is 2.83. The molecule has 1 nitrogen and oxygen atoms in total. The van der Waals surface area contributed by atoms with Gasteiger partial charge in [-0.05, 0) is 53.7 Å². The zero-order chi connectivity index (χ0) is 16.5. The van der Waals surface area contributed by atoms with Crippen LogP contribution in [-0.2, 0) is 0 Å². The summed E-state index contributed by atoms with van der Waals surface area (Å²) in [5.41, 5.74) is 3.79. The second-order valence-electron chi connectivity index (χ2n) is 5.32. The van der Waals surface area contributed by atoms with E-state index in [1.165, 1.54) is 20.9 Å². The second-order valence-corrected chi connectivity index (χ2v) is 7.87. The Morgan fingerprint density at radius 3 is 1.30 bits per heavy atom. The first kappa shape index (κ1) is 21.6. The number of benzene rings is 1. The Balaban J connectivity index is 0.000000310. The Hall–Kier alpha value is -1.45. The molecule has 2 aromatic heterocycles. The number of thiazole rings is 1. The van der Waals surface area contributed by atoms with E-state index in [9.17, 15) is 0 Å². The van der Waals surface area contributed by atoms with Crippen LogP contribution >= 0.6 is 22.7 Å². The van der Waals surface area contributed by atoms with Crippen LogP contribution in [0.3, 0.4) is 0 Å². The Morgan fingerprint density at radius 2 is 1.13 bits per heavy atom. The Bertz CT molecular complexity index is 571. The maximum Gasteiger partial charge on any atom is 0.0897 e. The summed E-state index contributed by atoms with van der Waals surface area (Å²) in [6.45, 7) is 12.5. The fourth-order valence-corrected chi connectivity index (χ4v) is 3.04. The van der Waals surface area contributed by atoms with Crippen molar-refractivity contribution in [3.05, 3.63) is 73.4 Å². The molecule has 3 heteroatoms. The monoisotopic (exact) mass is 347 g/mol. The van der Waals surface area contributed by atoms with Gasteiger partial charge in [0.2, 0.25) is 0 Å². The van der Waals surface area contributed by atoms with Gasteiger partial charge in [0.1, 0.15) is 0 Å². The van der Waals surface area contributed by atoms with Crippen LogP contribution in [0.4, 0.5) is 0 Å². The summed E-state index contributed by atoms with van der Waals surface area (Å²) >= 11 is 3.54. The standard InChI is InChI=1S/C8H10.C6H8S.C5H7NS.CH4/c1-7-3-5-8(2)6-4-7;1-5-3-4-6(2)7-5;1-4-3-7-5(2)6-4;/h3-6H,1-2H3;3-4H,1-2H3;3H,1-2H3;1H4. The highest BCUT2D eigenvalue weighted by molar-refractivity contribution is 7.11. The Morgan fingerprint density at radius 1 is 0.696 bits per heavy atom. The van der Waals surface area contributed by atoms with Crippen molar-refractivity contribution in [1.82, 2.24) is 4.98 Å². The molecule has 0 atom stereocenters. The van der Waals surface area contributed by atoms with Crippen molar-refractivity contribution in [3.8, 4) is 0 Å². The molecule has 0 aliphatic heterocycles. The highest BCUT2D eigenvalue weighted by Crippen LogP contribution is 2.12. The second kappa shape index (κ2) is 11.1. The lowest BCUT2D eigenvalue weighted by Gasteiger charge is -1.90. The smallest absolute Gasteiger partial charge is 0.0897 e. The van der Waals surface area contributed by atoms with Crippen LogP contribution < -0.4 is 0 Å². The highest BCUT2D eigenvalue weighted by atomic mass is 32.1. The molecule has 0 fully saturated rings. The van der Waals surface area contributed by atoms with Crippen LogP contribution in [0.1, 0.15) is 39.0 Å². The van der Waals surface area contributed by atoms with E-state index < -0.39 is 0 Å². The highest BCUT2D eigenvalue weighted by Gasteiger charge is 1.86. The number of aryl methyl sites for hydroxylation is 6. The number of aromatic nitrogens is 1. The molecule has 0 unspecified atom stereocenters. The summed E-state index contributed by atoms with van der Waals surface area (Å²) in [4.78, 5) is 6.93. The van der Waals surface area contributed by atoms with Gasteiger partial charge >= 0.3 is 0 Å². The van der Waals surface area contributed by atoms with Crippen molar-refractivity contribution >= 4 is 22.7 Å². The summed E-state index contributed by atoms with van der Waals surface area (Å²) in [6, 6.07) is 12.8. The van der Waals surface area contributed by atoms with Crippen molar-refractivity contribution < 1.29 is 0 Å². The van der Waals surface area contributed by atoms with Crippen LogP contribution in [0.25, 0.3) is 0 Å². The van der Waals surface area contributed by atoms with Crippen LogP contribution in [0.2, 0.25) is 0 Å². The van der Waals surface area contributed by atoms with Gasteiger partial charge in [-0.1, -0.05) is 42.8 Å². The molecule has 0 aliphatic carbocycles. The average molecular weight is 348 g/mol. The predicted molar refractivity (Wildman–Crippen MR) is 108 cm³/mol. The zero-order valence-electron chi connectivity index (χ0n) is 14.3. The molecule has 1 aromatic carbocycles. The van der Waals surface area contributed by atoms with E-state index >= 15 is 0 Å². The Labute approximate surface area is 150 Å². The number of thiophene rings is 1. The maximum absolute atomic E-state index is 4.13. The molecule has 23 heavy (non-hydrogen) atoms. The lowest BCUT2D eigenvalue weighted by atomic mass is 10.2. The Kier molecular flexibility index (Phi) is 10.4. The van der Waals surface area contributed by atoms with E-state index in [0.717, 1.165) is 10.7 Å². The van der Waals surface area contributed by atoms with Gasteiger partial charge in [0, 0.05) is 20.8 Å². The number of nitrogens with zero attached hydrogens (tertiary/aromatic N) is 1. The number of hydrogen-bond donors (Lipinski definition) is 0. The van der Waals surface area contributed by atoms with Crippen molar-refractivity contribution in [2.75, 3.05) is 0 Å². The summed E-state index contributed by atoms with van der Waals surface area (Å²) < 4.78 is 0. The molecule has 0 aliphatic rings. The number of rotatable bonds is 0. The molecule has 3 aromatic rings. The van der Waals surface area contributed by atoms with E-state index in [1.807, 2.05) is 25.2 Å². The lowest BCUT2D eigenvalue weighted by molar-refractivity contribution is 1.20. The van der Waals surface area contributed by atoms with Gasteiger partial charge in [-0.3, -0.25) is 0 Å². The quantitative estimate of drug-likeness (QED) is 0.424.